The lowest BCUT2D eigenvalue weighted by Crippen LogP contribution is -2.05. The highest BCUT2D eigenvalue weighted by Gasteiger charge is 2.04. The molecule has 0 aliphatic rings. The van der Waals surface area contributed by atoms with Gasteiger partial charge in [0.2, 0.25) is 5.95 Å². The third-order valence-corrected chi connectivity index (χ3v) is 3.59. The van der Waals surface area contributed by atoms with Crippen LogP contribution in [0, 0.1) is 12.7 Å². The molecule has 6 heteroatoms. The first-order valence-electron chi connectivity index (χ1n) is 7.87. The molecule has 0 saturated carbocycles. The molecular weight excluding hydrogens is 319 g/mol. The van der Waals surface area contributed by atoms with E-state index in [-0.39, 0.29) is 5.82 Å². The SMILES string of the molecule is COc1ccc(Nc2nc(C)cc(NCc3ccc(F)cc3)n2)cc1. The molecule has 0 saturated heterocycles. The van der Waals surface area contributed by atoms with Crippen molar-refractivity contribution in [3.05, 3.63) is 71.7 Å². The van der Waals surface area contributed by atoms with Crippen molar-refractivity contribution in [1.82, 2.24) is 9.97 Å². The van der Waals surface area contributed by atoms with E-state index in [1.807, 2.05) is 37.3 Å². The van der Waals surface area contributed by atoms with Crippen LogP contribution >= 0.6 is 0 Å². The lowest BCUT2D eigenvalue weighted by Gasteiger charge is -2.10. The molecule has 2 N–H and O–H groups in total. The number of nitrogens with one attached hydrogen (secondary N) is 2. The van der Waals surface area contributed by atoms with Crippen LogP contribution in [0.4, 0.5) is 21.8 Å². The van der Waals surface area contributed by atoms with E-state index in [1.165, 1.54) is 12.1 Å². The number of nitrogens with zero attached hydrogens (tertiary/aromatic N) is 2. The molecule has 0 aliphatic carbocycles. The van der Waals surface area contributed by atoms with Crippen LogP contribution in [-0.4, -0.2) is 17.1 Å². The standard InChI is InChI=1S/C19H19FN4O/c1-13-11-18(21-12-14-3-5-15(20)6-4-14)24-19(22-13)23-16-7-9-17(25-2)10-8-16/h3-11H,12H2,1-2H3,(H2,21,22,23,24). The summed E-state index contributed by atoms with van der Waals surface area (Å²) < 4.78 is 18.1. The quantitative estimate of drug-likeness (QED) is 0.702. The topological polar surface area (TPSA) is 59.1 Å². The normalized spacial score (nSPS) is 10.4. The predicted octanol–water partition coefficient (Wildman–Crippen LogP) is 4.29. The second-order valence-corrected chi connectivity index (χ2v) is 5.55. The summed E-state index contributed by atoms with van der Waals surface area (Å²) in [6.07, 6.45) is 0. The molecule has 2 aromatic carbocycles. The minimum Gasteiger partial charge on any atom is -0.497 e. The molecule has 3 rings (SSSR count). The molecule has 0 amide bonds. The third-order valence-electron chi connectivity index (χ3n) is 3.59. The van der Waals surface area contributed by atoms with E-state index in [0.717, 1.165) is 22.7 Å². The fraction of sp³-hybridized carbons (Fsp3) is 0.158. The number of ether oxygens (including phenoxy) is 1. The van der Waals surface area contributed by atoms with Gasteiger partial charge >= 0.3 is 0 Å². The van der Waals surface area contributed by atoms with Crippen molar-refractivity contribution in [3.8, 4) is 5.75 Å². The molecule has 0 spiro atoms. The zero-order valence-corrected chi connectivity index (χ0v) is 14.1. The number of rotatable bonds is 6. The van der Waals surface area contributed by atoms with Gasteiger partial charge in [0.15, 0.2) is 0 Å². The third kappa shape index (κ3) is 4.67. The van der Waals surface area contributed by atoms with Crippen LogP contribution in [0.2, 0.25) is 0 Å². The number of benzene rings is 2. The molecular formula is C19H19FN4O. The summed E-state index contributed by atoms with van der Waals surface area (Å²) in [5.41, 5.74) is 2.69. The maximum Gasteiger partial charge on any atom is 0.229 e. The number of methoxy groups -OCH3 is 1. The summed E-state index contributed by atoms with van der Waals surface area (Å²) >= 11 is 0. The van der Waals surface area contributed by atoms with Gasteiger partial charge in [-0.15, -0.1) is 0 Å². The smallest absolute Gasteiger partial charge is 0.229 e. The number of aryl methyl sites for hydroxylation is 1. The zero-order valence-electron chi connectivity index (χ0n) is 14.1. The second-order valence-electron chi connectivity index (χ2n) is 5.55. The molecule has 1 heterocycles. The van der Waals surface area contributed by atoms with Gasteiger partial charge in [0, 0.05) is 24.0 Å². The minimum atomic E-state index is -0.243. The maximum absolute atomic E-state index is 13.0. The van der Waals surface area contributed by atoms with Gasteiger partial charge in [0.25, 0.3) is 0 Å². The summed E-state index contributed by atoms with van der Waals surface area (Å²) in [7, 11) is 1.63. The number of aromatic nitrogens is 2. The van der Waals surface area contributed by atoms with Crippen LogP contribution in [-0.2, 0) is 6.54 Å². The number of anilines is 3. The average Bonchev–Trinajstić information content (AvgIpc) is 2.61. The molecule has 1 aromatic heterocycles. The summed E-state index contributed by atoms with van der Waals surface area (Å²) in [4.78, 5) is 8.86. The Bertz CT molecular complexity index is 835. The van der Waals surface area contributed by atoms with Crippen molar-refractivity contribution in [3.63, 3.8) is 0 Å². The maximum atomic E-state index is 13.0. The van der Waals surface area contributed by atoms with Crippen molar-refractivity contribution in [2.24, 2.45) is 0 Å². The Morgan fingerprint density at radius 1 is 1.00 bits per heavy atom. The number of halogens is 1. The number of hydrogen-bond acceptors (Lipinski definition) is 5. The van der Waals surface area contributed by atoms with E-state index in [1.54, 1.807) is 19.2 Å². The van der Waals surface area contributed by atoms with Gasteiger partial charge in [0.05, 0.1) is 7.11 Å². The predicted molar refractivity (Wildman–Crippen MR) is 96.8 cm³/mol. The van der Waals surface area contributed by atoms with Crippen molar-refractivity contribution >= 4 is 17.5 Å². The highest BCUT2D eigenvalue weighted by atomic mass is 19.1. The van der Waals surface area contributed by atoms with Crippen LogP contribution in [0.1, 0.15) is 11.3 Å². The van der Waals surface area contributed by atoms with Gasteiger partial charge in [-0.2, -0.15) is 4.98 Å². The van der Waals surface area contributed by atoms with E-state index in [0.29, 0.717) is 18.3 Å². The average molecular weight is 338 g/mol. The zero-order chi connectivity index (χ0) is 17.6. The van der Waals surface area contributed by atoms with E-state index in [9.17, 15) is 4.39 Å². The lowest BCUT2D eigenvalue weighted by molar-refractivity contribution is 0.415. The van der Waals surface area contributed by atoms with E-state index in [2.05, 4.69) is 20.6 Å². The van der Waals surface area contributed by atoms with Crippen LogP contribution in [0.5, 0.6) is 5.75 Å². The molecule has 0 bridgehead atoms. The monoisotopic (exact) mass is 338 g/mol. The fourth-order valence-electron chi connectivity index (χ4n) is 2.31. The molecule has 25 heavy (non-hydrogen) atoms. The number of hydrogen-bond donors (Lipinski definition) is 2. The molecule has 3 aromatic rings. The summed E-state index contributed by atoms with van der Waals surface area (Å²) in [6.45, 7) is 2.46. The fourth-order valence-corrected chi connectivity index (χ4v) is 2.31. The molecule has 128 valence electrons. The van der Waals surface area contributed by atoms with E-state index >= 15 is 0 Å². The van der Waals surface area contributed by atoms with Gasteiger partial charge in [-0.3, -0.25) is 0 Å². The molecule has 0 unspecified atom stereocenters. The first-order chi connectivity index (χ1) is 12.1. The van der Waals surface area contributed by atoms with Gasteiger partial charge in [0.1, 0.15) is 17.4 Å². The van der Waals surface area contributed by atoms with Crippen LogP contribution in [0.15, 0.2) is 54.6 Å². The summed E-state index contributed by atoms with van der Waals surface area (Å²) in [6, 6.07) is 15.8. The lowest BCUT2D eigenvalue weighted by atomic mass is 10.2. The largest absolute Gasteiger partial charge is 0.497 e. The Labute approximate surface area is 145 Å². The molecule has 0 fully saturated rings. The van der Waals surface area contributed by atoms with Gasteiger partial charge in [-0.1, -0.05) is 12.1 Å². The highest BCUT2D eigenvalue weighted by molar-refractivity contribution is 5.56. The summed E-state index contributed by atoms with van der Waals surface area (Å²) in [5, 5.41) is 6.41. The first kappa shape index (κ1) is 16.7. The summed E-state index contributed by atoms with van der Waals surface area (Å²) in [5.74, 6) is 1.75. The van der Waals surface area contributed by atoms with Crippen molar-refractivity contribution in [2.45, 2.75) is 13.5 Å². The van der Waals surface area contributed by atoms with E-state index in [4.69, 9.17) is 4.74 Å². The molecule has 0 atom stereocenters. The van der Waals surface area contributed by atoms with E-state index < -0.39 is 0 Å². The Kier molecular flexibility index (Phi) is 5.09. The Hall–Kier alpha value is -3.15. The van der Waals surface area contributed by atoms with Crippen molar-refractivity contribution in [1.29, 1.82) is 0 Å². The Balaban J connectivity index is 1.69. The molecule has 0 aliphatic heterocycles. The van der Waals surface area contributed by atoms with Crippen LogP contribution in [0.3, 0.4) is 0 Å². The molecule has 0 radical (unpaired) electrons. The minimum absolute atomic E-state index is 0.243. The second kappa shape index (κ2) is 7.61. The van der Waals surface area contributed by atoms with Crippen LogP contribution < -0.4 is 15.4 Å². The molecule has 5 nitrogen and oxygen atoms in total. The highest BCUT2D eigenvalue weighted by Crippen LogP contribution is 2.19. The Morgan fingerprint density at radius 3 is 2.40 bits per heavy atom. The van der Waals surface area contributed by atoms with Crippen LogP contribution in [0.25, 0.3) is 0 Å². The van der Waals surface area contributed by atoms with Gasteiger partial charge in [-0.25, -0.2) is 9.37 Å². The Morgan fingerprint density at radius 2 is 1.72 bits per heavy atom. The van der Waals surface area contributed by atoms with Crippen molar-refractivity contribution in [2.75, 3.05) is 17.7 Å². The van der Waals surface area contributed by atoms with Gasteiger partial charge in [-0.05, 0) is 48.9 Å². The first-order valence-corrected chi connectivity index (χ1v) is 7.87. The van der Waals surface area contributed by atoms with Crippen molar-refractivity contribution < 1.29 is 9.13 Å². The van der Waals surface area contributed by atoms with Gasteiger partial charge < -0.3 is 15.4 Å².